The summed E-state index contributed by atoms with van der Waals surface area (Å²) in [5.74, 6) is 0.0778. The van der Waals surface area contributed by atoms with E-state index in [4.69, 9.17) is 11.6 Å². The van der Waals surface area contributed by atoms with Gasteiger partial charge < -0.3 is 10.0 Å². The van der Waals surface area contributed by atoms with Crippen LogP contribution in [0.5, 0.6) is 0 Å². The van der Waals surface area contributed by atoms with Gasteiger partial charge in [-0.2, -0.15) is 0 Å². The molecule has 1 aliphatic rings. The normalized spacial score (nSPS) is 15.2. The van der Waals surface area contributed by atoms with Crippen LogP contribution in [0.3, 0.4) is 0 Å². The van der Waals surface area contributed by atoms with Crippen molar-refractivity contribution >= 4 is 45.8 Å². The number of amides is 1. The lowest BCUT2D eigenvalue weighted by Crippen LogP contribution is -2.20. The molecule has 3 nitrogen and oxygen atoms in total. The first-order valence-electron chi connectivity index (χ1n) is 6.50. The maximum absolute atomic E-state index is 11.7. The van der Waals surface area contributed by atoms with Crippen LogP contribution < -0.4 is 4.90 Å². The summed E-state index contributed by atoms with van der Waals surface area (Å²) in [5.41, 5.74) is 3.42. The molecule has 0 aromatic heterocycles. The van der Waals surface area contributed by atoms with Crippen LogP contribution in [0.25, 0.3) is 0 Å². The fourth-order valence-corrected chi connectivity index (χ4v) is 3.37. The number of aliphatic hydroxyl groups is 1. The predicted molar refractivity (Wildman–Crippen MR) is 91.8 cm³/mol. The summed E-state index contributed by atoms with van der Waals surface area (Å²) >= 11 is 8.20. The Labute approximate surface area is 141 Å². The van der Waals surface area contributed by atoms with Crippen molar-refractivity contribution in [2.24, 2.45) is 0 Å². The molecule has 1 amide bonds. The van der Waals surface area contributed by atoms with Crippen LogP contribution in [0.1, 0.15) is 22.8 Å². The van der Waals surface area contributed by atoms with Crippen molar-refractivity contribution in [3.8, 4) is 0 Å². The van der Waals surface area contributed by atoms with Gasteiger partial charge in [0, 0.05) is 21.3 Å². The number of nitrogens with zero attached hydrogens (tertiary/aromatic N) is 1. The van der Waals surface area contributed by atoms with Crippen molar-refractivity contribution in [1.29, 1.82) is 0 Å². The molecule has 0 radical (unpaired) electrons. The number of rotatable bonds is 2. The Bertz CT molecular complexity index is 732. The smallest absolute Gasteiger partial charge is 0.231 e. The van der Waals surface area contributed by atoms with Gasteiger partial charge in [-0.3, -0.25) is 4.79 Å². The van der Waals surface area contributed by atoms with Gasteiger partial charge in [-0.05, 0) is 63.5 Å². The van der Waals surface area contributed by atoms with Gasteiger partial charge in [0.1, 0.15) is 6.10 Å². The quantitative estimate of drug-likeness (QED) is 0.765. The van der Waals surface area contributed by atoms with Crippen molar-refractivity contribution in [2.75, 3.05) is 11.9 Å². The van der Waals surface area contributed by atoms with E-state index in [-0.39, 0.29) is 5.91 Å². The van der Waals surface area contributed by atoms with Gasteiger partial charge in [0.2, 0.25) is 5.91 Å². The molecule has 1 atom stereocenters. The van der Waals surface area contributed by atoms with Gasteiger partial charge in [-0.1, -0.05) is 23.7 Å². The Morgan fingerprint density at radius 1 is 1.29 bits per heavy atom. The monoisotopic (exact) mass is 413 g/mol. The molecule has 0 bridgehead atoms. The molecule has 0 saturated heterocycles. The van der Waals surface area contributed by atoms with Gasteiger partial charge in [-0.25, -0.2) is 0 Å². The third kappa shape index (κ3) is 2.67. The Kier molecular flexibility index (Phi) is 3.94. The molecule has 0 saturated carbocycles. The average molecular weight is 414 g/mol. The van der Waals surface area contributed by atoms with Gasteiger partial charge >= 0.3 is 0 Å². The molecule has 0 spiro atoms. The summed E-state index contributed by atoms with van der Waals surface area (Å²) in [5, 5.41) is 11.2. The molecule has 1 aliphatic heterocycles. The largest absolute Gasteiger partial charge is 0.384 e. The molecule has 2 aromatic rings. The van der Waals surface area contributed by atoms with E-state index in [2.05, 4.69) is 22.6 Å². The Morgan fingerprint density at radius 2 is 2.05 bits per heavy atom. The molecule has 1 N–H and O–H groups in total. The van der Waals surface area contributed by atoms with Crippen LogP contribution in [0.15, 0.2) is 36.4 Å². The number of benzene rings is 2. The predicted octanol–water partition coefficient (Wildman–Crippen LogP) is 3.55. The highest BCUT2D eigenvalue weighted by atomic mass is 127. The zero-order valence-corrected chi connectivity index (χ0v) is 14.2. The van der Waals surface area contributed by atoms with E-state index in [1.165, 1.54) is 0 Å². The van der Waals surface area contributed by atoms with Crippen molar-refractivity contribution in [3.05, 3.63) is 61.7 Å². The zero-order chi connectivity index (χ0) is 15.1. The second-order valence-electron chi connectivity index (χ2n) is 5.09. The van der Waals surface area contributed by atoms with Gasteiger partial charge in [-0.15, -0.1) is 0 Å². The summed E-state index contributed by atoms with van der Waals surface area (Å²) in [6.45, 7) is 0. The third-order valence-electron chi connectivity index (χ3n) is 3.75. The van der Waals surface area contributed by atoms with E-state index in [9.17, 15) is 9.90 Å². The highest BCUT2D eigenvalue weighted by Crippen LogP contribution is 2.33. The molecule has 1 heterocycles. The lowest BCUT2D eigenvalue weighted by Gasteiger charge is -2.16. The molecular weight excluding hydrogens is 401 g/mol. The average Bonchev–Trinajstić information content (AvgIpc) is 2.75. The van der Waals surface area contributed by atoms with E-state index in [0.29, 0.717) is 11.4 Å². The standard InChI is InChI=1S/C16H13ClINO2/c1-19-14-5-2-9(6-10(14)7-15(19)20)16(21)12-8-11(17)3-4-13(12)18/h2-6,8,16,21H,7H2,1H3. The molecular formula is C16H13ClINO2. The maximum Gasteiger partial charge on any atom is 0.231 e. The van der Waals surface area contributed by atoms with Gasteiger partial charge in [0.25, 0.3) is 0 Å². The summed E-state index contributed by atoms with van der Waals surface area (Å²) in [6, 6.07) is 11.1. The van der Waals surface area contributed by atoms with Crippen LogP contribution in [0.4, 0.5) is 5.69 Å². The topological polar surface area (TPSA) is 40.5 Å². The number of anilines is 1. The minimum Gasteiger partial charge on any atom is -0.384 e. The number of likely N-dealkylation sites (N-methyl/N-ethyl adjacent to an activating group) is 1. The number of hydrogen-bond acceptors (Lipinski definition) is 2. The van der Waals surface area contributed by atoms with Crippen molar-refractivity contribution in [3.63, 3.8) is 0 Å². The van der Waals surface area contributed by atoms with E-state index in [1.807, 2.05) is 24.3 Å². The second kappa shape index (κ2) is 5.59. The third-order valence-corrected chi connectivity index (χ3v) is 4.97. The first-order valence-corrected chi connectivity index (χ1v) is 7.95. The molecule has 2 aromatic carbocycles. The van der Waals surface area contributed by atoms with E-state index in [1.54, 1.807) is 24.1 Å². The van der Waals surface area contributed by atoms with Crippen LogP contribution in [0.2, 0.25) is 5.02 Å². The zero-order valence-electron chi connectivity index (χ0n) is 11.3. The minimum absolute atomic E-state index is 0.0778. The Balaban J connectivity index is 2.00. The van der Waals surface area contributed by atoms with Crippen LogP contribution in [0, 0.1) is 3.57 Å². The molecule has 0 fully saturated rings. The van der Waals surface area contributed by atoms with Crippen molar-refractivity contribution in [2.45, 2.75) is 12.5 Å². The SMILES string of the molecule is CN1C(=O)Cc2cc(C(O)c3cc(Cl)ccc3I)ccc21. The number of halogens is 2. The van der Waals surface area contributed by atoms with Crippen molar-refractivity contribution < 1.29 is 9.90 Å². The number of hydrogen-bond donors (Lipinski definition) is 1. The highest BCUT2D eigenvalue weighted by molar-refractivity contribution is 14.1. The summed E-state index contributed by atoms with van der Waals surface area (Å²) < 4.78 is 0.957. The molecule has 0 aliphatic carbocycles. The van der Waals surface area contributed by atoms with Crippen LogP contribution >= 0.6 is 34.2 Å². The Hall–Kier alpha value is -1.11. The second-order valence-corrected chi connectivity index (χ2v) is 6.68. The molecule has 108 valence electrons. The first-order chi connectivity index (χ1) is 9.97. The minimum atomic E-state index is -0.748. The molecule has 1 unspecified atom stereocenters. The first kappa shape index (κ1) is 14.8. The van der Waals surface area contributed by atoms with Crippen molar-refractivity contribution in [1.82, 2.24) is 0 Å². The number of carbonyl (C=O) groups is 1. The van der Waals surface area contributed by atoms with Gasteiger partial charge in [0.05, 0.1) is 6.42 Å². The Morgan fingerprint density at radius 3 is 2.81 bits per heavy atom. The fourth-order valence-electron chi connectivity index (χ4n) is 2.56. The summed E-state index contributed by atoms with van der Waals surface area (Å²) in [6.07, 6.45) is -0.360. The maximum atomic E-state index is 11.7. The van der Waals surface area contributed by atoms with Crippen LogP contribution in [-0.4, -0.2) is 18.1 Å². The van der Waals surface area contributed by atoms with E-state index < -0.39 is 6.10 Å². The van der Waals surface area contributed by atoms with Crippen LogP contribution in [-0.2, 0) is 11.2 Å². The number of fused-ring (bicyclic) bond motifs is 1. The van der Waals surface area contributed by atoms with E-state index >= 15 is 0 Å². The van der Waals surface area contributed by atoms with Gasteiger partial charge in [0.15, 0.2) is 0 Å². The number of aliphatic hydroxyl groups excluding tert-OH is 1. The lowest BCUT2D eigenvalue weighted by molar-refractivity contribution is -0.117. The number of carbonyl (C=O) groups excluding carboxylic acids is 1. The lowest BCUT2D eigenvalue weighted by atomic mass is 9.99. The van der Waals surface area contributed by atoms with E-state index in [0.717, 1.165) is 25.9 Å². The molecule has 21 heavy (non-hydrogen) atoms. The molecule has 5 heteroatoms. The molecule has 3 rings (SSSR count). The summed E-state index contributed by atoms with van der Waals surface area (Å²) in [4.78, 5) is 13.4. The fraction of sp³-hybridized carbons (Fsp3) is 0.188. The summed E-state index contributed by atoms with van der Waals surface area (Å²) in [7, 11) is 1.77. The highest BCUT2D eigenvalue weighted by Gasteiger charge is 2.25.